The Kier molecular flexibility index (Phi) is 7.51. The van der Waals surface area contributed by atoms with Crippen molar-refractivity contribution in [3.63, 3.8) is 0 Å². The van der Waals surface area contributed by atoms with Crippen LogP contribution in [-0.4, -0.2) is 36.6 Å². The average Bonchev–Trinajstić information content (AvgIpc) is 2.81. The minimum absolute atomic E-state index is 0.0167. The number of aromatic nitrogens is 2. The van der Waals surface area contributed by atoms with Crippen molar-refractivity contribution in [2.75, 3.05) is 30.9 Å². The summed E-state index contributed by atoms with van der Waals surface area (Å²) in [5.41, 5.74) is 8.24. The number of fused-ring (bicyclic) bond motifs is 1. The molecule has 0 radical (unpaired) electrons. The standard InChI is InChI=1S/C29H45N5/c1-19-12-17-25(21(3)20(19)2)29(4,5)30-18-22-13-15-23(16-14-22)31-28-32-26-11-9-8-10-24(26)27(33-28)34(6)7/h12,17,22-23,30H,8-11,13-16,18H2,1-7H3,(H,31,32,33)/t22-,23+. The van der Waals surface area contributed by atoms with Gasteiger partial charge in [0.05, 0.1) is 5.69 Å². The van der Waals surface area contributed by atoms with Crippen molar-refractivity contribution in [3.8, 4) is 0 Å². The molecule has 1 heterocycles. The number of nitrogens with zero attached hydrogens (tertiary/aromatic N) is 3. The molecule has 0 bridgehead atoms. The highest BCUT2D eigenvalue weighted by Gasteiger charge is 2.27. The smallest absolute Gasteiger partial charge is 0.225 e. The molecule has 34 heavy (non-hydrogen) atoms. The average molecular weight is 464 g/mol. The molecular formula is C29H45N5. The molecule has 1 saturated carbocycles. The molecule has 2 aliphatic carbocycles. The van der Waals surface area contributed by atoms with Crippen molar-refractivity contribution in [1.82, 2.24) is 15.3 Å². The van der Waals surface area contributed by atoms with E-state index in [1.54, 1.807) is 0 Å². The van der Waals surface area contributed by atoms with Crippen LogP contribution >= 0.6 is 0 Å². The molecule has 4 rings (SSSR count). The lowest BCUT2D eigenvalue weighted by Gasteiger charge is -2.34. The quantitative estimate of drug-likeness (QED) is 0.540. The van der Waals surface area contributed by atoms with Crippen LogP contribution in [0.1, 0.15) is 85.9 Å². The topological polar surface area (TPSA) is 53.1 Å². The second-order valence-electron chi connectivity index (χ2n) is 11.4. The molecule has 5 nitrogen and oxygen atoms in total. The Balaban J connectivity index is 1.33. The maximum Gasteiger partial charge on any atom is 0.225 e. The molecule has 1 fully saturated rings. The van der Waals surface area contributed by atoms with Gasteiger partial charge in [-0.15, -0.1) is 0 Å². The lowest BCUT2D eigenvalue weighted by Crippen LogP contribution is -2.41. The zero-order valence-electron chi connectivity index (χ0n) is 22.5. The molecule has 186 valence electrons. The van der Waals surface area contributed by atoms with Crippen molar-refractivity contribution in [2.45, 2.75) is 97.6 Å². The first-order valence-corrected chi connectivity index (χ1v) is 13.3. The lowest BCUT2D eigenvalue weighted by molar-refractivity contribution is 0.285. The van der Waals surface area contributed by atoms with Gasteiger partial charge in [0, 0.05) is 31.2 Å². The molecule has 1 aromatic carbocycles. The van der Waals surface area contributed by atoms with Crippen LogP contribution in [0, 0.1) is 26.7 Å². The van der Waals surface area contributed by atoms with Crippen molar-refractivity contribution in [3.05, 3.63) is 45.6 Å². The normalized spacial score (nSPS) is 20.7. The Morgan fingerprint density at radius 2 is 1.65 bits per heavy atom. The number of hydrogen-bond donors (Lipinski definition) is 2. The van der Waals surface area contributed by atoms with Crippen LogP contribution in [0.4, 0.5) is 11.8 Å². The molecule has 2 N–H and O–H groups in total. The summed E-state index contributed by atoms with van der Waals surface area (Å²) in [6.07, 6.45) is 9.56. The summed E-state index contributed by atoms with van der Waals surface area (Å²) in [5, 5.41) is 7.60. The summed E-state index contributed by atoms with van der Waals surface area (Å²) in [4.78, 5) is 12.0. The van der Waals surface area contributed by atoms with Gasteiger partial charge in [0.1, 0.15) is 5.82 Å². The lowest BCUT2D eigenvalue weighted by atomic mass is 9.83. The summed E-state index contributed by atoms with van der Waals surface area (Å²) in [6, 6.07) is 5.05. The van der Waals surface area contributed by atoms with Crippen LogP contribution in [0.25, 0.3) is 0 Å². The predicted molar refractivity (Wildman–Crippen MR) is 144 cm³/mol. The maximum absolute atomic E-state index is 4.93. The zero-order valence-corrected chi connectivity index (χ0v) is 22.5. The Bertz CT molecular complexity index is 1000. The molecule has 0 amide bonds. The van der Waals surface area contributed by atoms with E-state index in [9.17, 15) is 0 Å². The fraction of sp³-hybridized carbons (Fsp3) is 0.655. The summed E-state index contributed by atoms with van der Waals surface area (Å²) in [6.45, 7) is 12.4. The van der Waals surface area contributed by atoms with Crippen molar-refractivity contribution >= 4 is 11.8 Å². The van der Waals surface area contributed by atoms with Crippen molar-refractivity contribution < 1.29 is 0 Å². The van der Waals surface area contributed by atoms with E-state index in [1.165, 1.54) is 72.0 Å². The number of hydrogen-bond acceptors (Lipinski definition) is 5. The van der Waals surface area contributed by atoms with E-state index >= 15 is 0 Å². The molecular weight excluding hydrogens is 418 g/mol. The van der Waals surface area contributed by atoms with Gasteiger partial charge in [-0.1, -0.05) is 12.1 Å². The van der Waals surface area contributed by atoms with Gasteiger partial charge >= 0.3 is 0 Å². The highest BCUT2D eigenvalue weighted by molar-refractivity contribution is 5.53. The molecule has 0 spiro atoms. The number of nitrogens with one attached hydrogen (secondary N) is 2. The summed E-state index contributed by atoms with van der Waals surface area (Å²) < 4.78 is 0. The first-order chi connectivity index (χ1) is 16.2. The molecule has 0 saturated heterocycles. The predicted octanol–water partition coefficient (Wildman–Crippen LogP) is 5.84. The number of anilines is 2. The highest BCUT2D eigenvalue weighted by atomic mass is 15.2. The summed E-state index contributed by atoms with van der Waals surface area (Å²) >= 11 is 0. The molecule has 0 aliphatic heterocycles. The summed E-state index contributed by atoms with van der Waals surface area (Å²) in [5.74, 6) is 2.66. The molecule has 0 atom stereocenters. The maximum atomic E-state index is 4.93. The number of rotatable bonds is 7. The Labute approximate surface area is 207 Å². The van der Waals surface area contributed by atoms with Crippen LogP contribution in [0.3, 0.4) is 0 Å². The highest BCUT2D eigenvalue weighted by Crippen LogP contribution is 2.32. The van der Waals surface area contributed by atoms with Gasteiger partial charge in [0.15, 0.2) is 0 Å². The third kappa shape index (κ3) is 5.40. The van der Waals surface area contributed by atoms with Crippen LogP contribution in [-0.2, 0) is 18.4 Å². The van der Waals surface area contributed by atoms with Crippen LogP contribution in [0.5, 0.6) is 0 Å². The van der Waals surface area contributed by atoms with Crippen LogP contribution in [0.15, 0.2) is 12.1 Å². The van der Waals surface area contributed by atoms with E-state index in [0.717, 1.165) is 37.1 Å². The fourth-order valence-corrected chi connectivity index (χ4v) is 5.83. The summed E-state index contributed by atoms with van der Waals surface area (Å²) in [7, 11) is 4.19. The molecule has 5 heteroatoms. The minimum atomic E-state index is -0.0167. The minimum Gasteiger partial charge on any atom is -0.362 e. The Morgan fingerprint density at radius 1 is 0.941 bits per heavy atom. The van der Waals surface area contributed by atoms with Crippen LogP contribution < -0.4 is 15.5 Å². The third-order valence-corrected chi connectivity index (χ3v) is 8.33. The van der Waals surface area contributed by atoms with E-state index in [0.29, 0.717) is 6.04 Å². The van der Waals surface area contributed by atoms with Gasteiger partial charge in [0.2, 0.25) is 5.95 Å². The van der Waals surface area contributed by atoms with Crippen molar-refractivity contribution in [2.24, 2.45) is 5.92 Å². The van der Waals surface area contributed by atoms with Gasteiger partial charge < -0.3 is 15.5 Å². The monoisotopic (exact) mass is 463 g/mol. The second-order valence-corrected chi connectivity index (χ2v) is 11.4. The van der Waals surface area contributed by atoms with Gasteiger partial charge in [-0.25, -0.2) is 4.98 Å². The molecule has 0 unspecified atom stereocenters. The van der Waals surface area contributed by atoms with E-state index in [-0.39, 0.29) is 5.54 Å². The van der Waals surface area contributed by atoms with Gasteiger partial charge in [-0.3, -0.25) is 0 Å². The van der Waals surface area contributed by atoms with E-state index in [2.05, 4.69) is 76.4 Å². The number of aryl methyl sites for hydroxylation is 2. The van der Waals surface area contributed by atoms with Crippen LogP contribution in [0.2, 0.25) is 0 Å². The van der Waals surface area contributed by atoms with E-state index in [4.69, 9.17) is 9.97 Å². The van der Waals surface area contributed by atoms with E-state index < -0.39 is 0 Å². The second kappa shape index (κ2) is 10.2. The van der Waals surface area contributed by atoms with Gasteiger partial charge in [0.25, 0.3) is 0 Å². The van der Waals surface area contributed by atoms with E-state index in [1.807, 2.05) is 0 Å². The largest absolute Gasteiger partial charge is 0.362 e. The zero-order chi connectivity index (χ0) is 24.5. The fourth-order valence-electron chi connectivity index (χ4n) is 5.83. The Hall–Kier alpha value is -2.14. The Morgan fingerprint density at radius 3 is 2.35 bits per heavy atom. The molecule has 1 aromatic heterocycles. The molecule has 2 aromatic rings. The SMILES string of the molecule is Cc1ccc(C(C)(C)NC[C@H]2CC[C@@H](Nc3nc4c(c(N(C)C)n3)CCCC4)CC2)c(C)c1C. The third-order valence-electron chi connectivity index (χ3n) is 8.33. The van der Waals surface area contributed by atoms with Crippen molar-refractivity contribution in [1.29, 1.82) is 0 Å². The van der Waals surface area contributed by atoms with Gasteiger partial charge in [-0.2, -0.15) is 4.98 Å². The first kappa shape index (κ1) is 25.0. The first-order valence-electron chi connectivity index (χ1n) is 13.3. The van der Waals surface area contributed by atoms with Gasteiger partial charge in [-0.05, 0) is 121 Å². The molecule has 2 aliphatic rings. The number of benzene rings is 1.